The Bertz CT molecular complexity index is 196. The topological polar surface area (TPSA) is 87.7 Å². The number of amidine groups is 1. The highest BCUT2D eigenvalue weighted by Crippen LogP contribution is 1.91. The van der Waals surface area contributed by atoms with Gasteiger partial charge in [0.05, 0.1) is 6.54 Å². The summed E-state index contributed by atoms with van der Waals surface area (Å²) < 4.78 is 10.7. The Kier molecular flexibility index (Phi) is 6.52. The van der Waals surface area contributed by atoms with Gasteiger partial charge in [0.15, 0.2) is 5.84 Å². The average molecular weight is 207 g/mol. The van der Waals surface area contributed by atoms with E-state index in [1.165, 1.54) is 0 Å². The third kappa shape index (κ3) is 7.73. The van der Waals surface area contributed by atoms with E-state index in [-0.39, 0.29) is 11.9 Å². The summed E-state index contributed by atoms with van der Waals surface area (Å²) in [5.41, 5.74) is 5.25. The molecule has 0 aliphatic heterocycles. The molecule has 0 aliphatic carbocycles. The molecule has 0 amide bonds. The van der Waals surface area contributed by atoms with E-state index in [0.29, 0.717) is 12.3 Å². The summed E-state index contributed by atoms with van der Waals surface area (Å²) in [6, 6.07) is 0.226. The summed E-state index contributed by atoms with van der Waals surface area (Å²) in [5.74, 6) is 0.828. The maximum atomic E-state index is 10.7. The Morgan fingerprint density at radius 3 is 2.85 bits per heavy atom. The van der Waals surface area contributed by atoms with E-state index in [1.807, 2.05) is 6.92 Å². The SMILES string of the molecule is CC(CCS(C)=O)NCC(N)=NO. The zero-order valence-corrected chi connectivity index (χ0v) is 8.80. The molecule has 0 fully saturated rings. The quantitative estimate of drug-likeness (QED) is 0.237. The van der Waals surface area contributed by atoms with Crippen LogP contribution in [0.5, 0.6) is 0 Å². The summed E-state index contributed by atoms with van der Waals surface area (Å²) in [6.07, 6.45) is 2.50. The number of nitrogens with zero attached hydrogens (tertiary/aromatic N) is 1. The molecule has 0 bridgehead atoms. The van der Waals surface area contributed by atoms with Gasteiger partial charge in [0, 0.05) is 28.9 Å². The molecule has 0 aromatic rings. The molecular weight excluding hydrogens is 190 g/mol. The summed E-state index contributed by atoms with van der Waals surface area (Å²) in [7, 11) is -0.753. The standard InChI is InChI=1S/C7H17N3O2S/c1-6(3-4-13(2)12)9-5-7(8)10-11/h6,9,11H,3-5H2,1-2H3,(H2,8,10). The Morgan fingerprint density at radius 2 is 2.38 bits per heavy atom. The van der Waals surface area contributed by atoms with Gasteiger partial charge in [-0.15, -0.1) is 0 Å². The molecule has 6 heteroatoms. The van der Waals surface area contributed by atoms with Crippen LogP contribution in [0.15, 0.2) is 5.16 Å². The molecule has 0 aliphatic rings. The van der Waals surface area contributed by atoms with Gasteiger partial charge in [0.25, 0.3) is 0 Å². The normalized spacial score (nSPS) is 16.9. The molecule has 0 heterocycles. The minimum absolute atomic E-state index is 0.157. The van der Waals surface area contributed by atoms with Crippen molar-refractivity contribution in [2.75, 3.05) is 18.6 Å². The predicted octanol–water partition coefficient (Wildman–Crippen LogP) is -0.520. The third-order valence-electron chi connectivity index (χ3n) is 1.60. The van der Waals surface area contributed by atoms with Crippen LogP contribution in [0.1, 0.15) is 13.3 Å². The molecule has 13 heavy (non-hydrogen) atoms. The number of rotatable bonds is 6. The van der Waals surface area contributed by atoms with E-state index in [1.54, 1.807) is 6.26 Å². The minimum Gasteiger partial charge on any atom is -0.409 e. The molecule has 5 nitrogen and oxygen atoms in total. The van der Waals surface area contributed by atoms with Crippen molar-refractivity contribution in [2.45, 2.75) is 19.4 Å². The molecule has 0 rings (SSSR count). The molecule has 2 unspecified atom stereocenters. The van der Waals surface area contributed by atoms with Crippen molar-refractivity contribution in [1.29, 1.82) is 0 Å². The lowest BCUT2D eigenvalue weighted by atomic mass is 10.2. The molecule has 0 spiro atoms. The van der Waals surface area contributed by atoms with Crippen LogP contribution in [0.25, 0.3) is 0 Å². The highest BCUT2D eigenvalue weighted by Gasteiger charge is 2.02. The van der Waals surface area contributed by atoms with Gasteiger partial charge in [-0.1, -0.05) is 5.16 Å². The monoisotopic (exact) mass is 207 g/mol. The van der Waals surface area contributed by atoms with Crippen LogP contribution in [0, 0.1) is 0 Å². The predicted molar refractivity (Wildman–Crippen MR) is 54.4 cm³/mol. The molecule has 0 aromatic heterocycles. The number of nitrogens with one attached hydrogen (secondary N) is 1. The minimum atomic E-state index is -0.753. The van der Waals surface area contributed by atoms with Gasteiger partial charge in [0.2, 0.25) is 0 Å². The van der Waals surface area contributed by atoms with Crippen LogP contribution in [0.3, 0.4) is 0 Å². The van der Waals surface area contributed by atoms with Crippen LogP contribution in [-0.2, 0) is 10.8 Å². The maximum Gasteiger partial charge on any atom is 0.153 e. The van der Waals surface area contributed by atoms with Crippen molar-refractivity contribution in [3.05, 3.63) is 0 Å². The van der Waals surface area contributed by atoms with Crippen molar-refractivity contribution in [3.8, 4) is 0 Å². The highest BCUT2D eigenvalue weighted by molar-refractivity contribution is 7.84. The molecule has 0 aromatic carbocycles. The van der Waals surface area contributed by atoms with Gasteiger partial charge < -0.3 is 16.3 Å². The first-order chi connectivity index (χ1) is 6.06. The van der Waals surface area contributed by atoms with E-state index in [0.717, 1.165) is 6.42 Å². The lowest BCUT2D eigenvalue weighted by Crippen LogP contribution is -2.35. The fraction of sp³-hybridized carbons (Fsp3) is 0.857. The second-order valence-electron chi connectivity index (χ2n) is 2.94. The Morgan fingerprint density at radius 1 is 1.77 bits per heavy atom. The number of hydrogen-bond acceptors (Lipinski definition) is 4. The van der Waals surface area contributed by atoms with Gasteiger partial charge in [0.1, 0.15) is 0 Å². The van der Waals surface area contributed by atoms with E-state index >= 15 is 0 Å². The molecule has 0 saturated heterocycles. The first-order valence-electron chi connectivity index (χ1n) is 4.06. The van der Waals surface area contributed by atoms with Crippen molar-refractivity contribution in [3.63, 3.8) is 0 Å². The molecule has 78 valence electrons. The molecule has 2 atom stereocenters. The summed E-state index contributed by atoms with van der Waals surface area (Å²) in [5, 5.41) is 14.1. The lowest BCUT2D eigenvalue weighted by Gasteiger charge is -2.11. The summed E-state index contributed by atoms with van der Waals surface area (Å²) in [6.45, 7) is 2.32. The van der Waals surface area contributed by atoms with Crippen LogP contribution in [0.2, 0.25) is 0 Å². The largest absolute Gasteiger partial charge is 0.409 e. The van der Waals surface area contributed by atoms with Crippen LogP contribution in [-0.4, -0.2) is 39.8 Å². The molecule has 4 N–H and O–H groups in total. The zero-order chi connectivity index (χ0) is 10.3. The fourth-order valence-corrected chi connectivity index (χ4v) is 1.44. The highest BCUT2D eigenvalue weighted by atomic mass is 32.2. The number of nitrogens with two attached hydrogens (primary N) is 1. The van der Waals surface area contributed by atoms with Crippen LogP contribution < -0.4 is 11.1 Å². The first kappa shape index (κ1) is 12.4. The Labute approximate surface area is 80.8 Å². The summed E-state index contributed by atoms with van der Waals surface area (Å²) >= 11 is 0. The molecular formula is C7H17N3O2S. The Balaban J connectivity index is 3.51. The Hall–Kier alpha value is -0.620. The van der Waals surface area contributed by atoms with E-state index in [2.05, 4.69) is 10.5 Å². The third-order valence-corrected chi connectivity index (χ3v) is 2.41. The van der Waals surface area contributed by atoms with Crippen molar-refractivity contribution < 1.29 is 9.42 Å². The second-order valence-corrected chi connectivity index (χ2v) is 4.49. The van der Waals surface area contributed by atoms with Crippen LogP contribution >= 0.6 is 0 Å². The van der Waals surface area contributed by atoms with Gasteiger partial charge in [-0.25, -0.2) is 0 Å². The van der Waals surface area contributed by atoms with Crippen LogP contribution in [0.4, 0.5) is 0 Å². The summed E-state index contributed by atoms with van der Waals surface area (Å²) in [4.78, 5) is 0. The first-order valence-corrected chi connectivity index (χ1v) is 5.78. The van der Waals surface area contributed by atoms with Crippen molar-refractivity contribution >= 4 is 16.6 Å². The lowest BCUT2D eigenvalue weighted by molar-refractivity contribution is 0.316. The second kappa shape index (κ2) is 6.85. The van der Waals surface area contributed by atoms with E-state index in [4.69, 9.17) is 10.9 Å². The van der Waals surface area contributed by atoms with Gasteiger partial charge in [-0.05, 0) is 13.3 Å². The van der Waals surface area contributed by atoms with Gasteiger partial charge >= 0.3 is 0 Å². The smallest absolute Gasteiger partial charge is 0.153 e. The molecule has 0 saturated carbocycles. The van der Waals surface area contributed by atoms with E-state index in [9.17, 15) is 4.21 Å². The number of oxime groups is 1. The van der Waals surface area contributed by atoms with Crippen molar-refractivity contribution in [2.24, 2.45) is 10.9 Å². The van der Waals surface area contributed by atoms with E-state index < -0.39 is 10.8 Å². The maximum absolute atomic E-state index is 10.7. The van der Waals surface area contributed by atoms with Gasteiger partial charge in [-0.3, -0.25) is 4.21 Å². The zero-order valence-electron chi connectivity index (χ0n) is 7.99. The number of hydrogen-bond donors (Lipinski definition) is 3. The van der Waals surface area contributed by atoms with Crippen molar-refractivity contribution in [1.82, 2.24) is 5.32 Å². The van der Waals surface area contributed by atoms with Gasteiger partial charge in [-0.2, -0.15) is 0 Å². The average Bonchev–Trinajstić information content (AvgIpc) is 2.10. The molecule has 0 radical (unpaired) electrons. The fourth-order valence-electron chi connectivity index (χ4n) is 0.759.